The third kappa shape index (κ3) is 5.12. The number of nitrogens with zero attached hydrogens (tertiary/aromatic N) is 3. The number of aromatic nitrogens is 2. The monoisotopic (exact) mass is 445 g/mol. The second-order valence-electron chi connectivity index (χ2n) is 7.31. The maximum atomic E-state index is 13.0. The fraction of sp³-hybridized carbons (Fsp3) is 0.160. The first kappa shape index (κ1) is 21.9. The molecule has 2 aromatic heterocycles. The lowest BCUT2D eigenvalue weighted by molar-refractivity contribution is -0.133. The van der Waals surface area contributed by atoms with Gasteiger partial charge in [-0.2, -0.15) is 5.10 Å². The van der Waals surface area contributed by atoms with Gasteiger partial charge in [-0.15, -0.1) is 0 Å². The average molecular weight is 445 g/mol. The van der Waals surface area contributed by atoms with Crippen LogP contribution in [0.3, 0.4) is 0 Å². The zero-order valence-electron chi connectivity index (χ0n) is 18.3. The standard InChI is InChI=1S/C25H23N3O5/c1-27(15-21-9-6-14-32-21)23(29)17-33-25(30)22-16-28(19-7-4-3-5-8-19)26-24(22)18-10-12-20(31-2)13-11-18/h3-14,16H,15,17H2,1-2H3. The lowest BCUT2D eigenvalue weighted by atomic mass is 10.1. The van der Waals surface area contributed by atoms with Gasteiger partial charge in [0.2, 0.25) is 0 Å². The smallest absolute Gasteiger partial charge is 0.342 e. The van der Waals surface area contributed by atoms with Gasteiger partial charge in [0.15, 0.2) is 6.61 Å². The van der Waals surface area contributed by atoms with Crippen LogP contribution in [0.25, 0.3) is 16.9 Å². The minimum Gasteiger partial charge on any atom is -0.497 e. The number of carbonyl (C=O) groups excluding carboxylic acids is 2. The van der Waals surface area contributed by atoms with Crippen molar-refractivity contribution in [1.82, 2.24) is 14.7 Å². The summed E-state index contributed by atoms with van der Waals surface area (Å²) >= 11 is 0. The quantitative estimate of drug-likeness (QED) is 0.382. The summed E-state index contributed by atoms with van der Waals surface area (Å²) in [6, 6.07) is 20.2. The Kier molecular flexibility index (Phi) is 6.54. The average Bonchev–Trinajstić information content (AvgIpc) is 3.53. The highest BCUT2D eigenvalue weighted by atomic mass is 16.5. The van der Waals surface area contributed by atoms with E-state index < -0.39 is 12.6 Å². The van der Waals surface area contributed by atoms with Gasteiger partial charge in [-0.25, -0.2) is 9.48 Å². The molecule has 0 fully saturated rings. The molecule has 0 spiro atoms. The van der Waals surface area contributed by atoms with E-state index in [1.54, 1.807) is 55.6 Å². The number of hydrogen-bond acceptors (Lipinski definition) is 6. The number of hydrogen-bond donors (Lipinski definition) is 0. The number of furan rings is 1. The highest BCUT2D eigenvalue weighted by Gasteiger charge is 2.22. The molecular weight excluding hydrogens is 422 g/mol. The van der Waals surface area contributed by atoms with Gasteiger partial charge in [-0.3, -0.25) is 4.79 Å². The number of methoxy groups -OCH3 is 1. The molecule has 4 aromatic rings. The number of amides is 1. The maximum Gasteiger partial charge on any atom is 0.342 e. The first-order valence-corrected chi connectivity index (χ1v) is 10.3. The van der Waals surface area contributed by atoms with E-state index in [1.807, 2.05) is 42.5 Å². The highest BCUT2D eigenvalue weighted by molar-refractivity contribution is 5.97. The summed E-state index contributed by atoms with van der Waals surface area (Å²) in [6.45, 7) is -0.110. The number of para-hydroxylation sites is 1. The Morgan fingerprint density at radius 1 is 1.03 bits per heavy atom. The molecule has 168 valence electrons. The van der Waals surface area contributed by atoms with Crippen LogP contribution in [-0.2, 0) is 16.1 Å². The van der Waals surface area contributed by atoms with E-state index in [0.717, 1.165) is 11.3 Å². The number of ether oxygens (including phenoxy) is 2. The van der Waals surface area contributed by atoms with Crippen molar-refractivity contribution >= 4 is 11.9 Å². The van der Waals surface area contributed by atoms with Gasteiger partial charge >= 0.3 is 5.97 Å². The van der Waals surface area contributed by atoms with E-state index in [9.17, 15) is 9.59 Å². The molecule has 0 atom stereocenters. The predicted molar refractivity (Wildman–Crippen MR) is 121 cm³/mol. The number of benzene rings is 2. The lowest BCUT2D eigenvalue weighted by Crippen LogP contribution is -2.30. The molecule has 0 N–H and O–H groups in total. The summed E-state index contributed by atoms with van der Waals surface area (Å²) in [5.74, 6) is 0.350. The second-order valence-corrected chi connectivity index (χ2v) is 7.31. The van der Waals surface area contributed by atoms with Crippen molar-refractivity contribution in [3.63, 3.8) is 0 Å². The largest absolute Gasteiger partial charge is 0.497 e. The Hall–Kier alpha value is -4.33. The molecule has 2 heterocycles. The van der Waals surface area contributed by atoms with Crippen LogP contribution in [0, 0.1) is 0 Å². The molecule has 0 aliphatic heterocycles. The van der Waals surface area contributed by atoms with Crippen LogP contribution >= 0.6 is 0 Å². The van der Waals surface area contributed by atoms with Crippen molar-refractivity contribution in [2.45, 2.75) is 6.54 Å². The van der Waals surface area contributed by atoms with E-state index in [-0.39, 0.29) is 18.0 Å². The first-order valence-electron chi connectivity index (χ1n) is 10.3. The van der Waals surface area contributed by atoms with Crippen LogP contribution in [-0.4, -0.2) is 47.3 Å². The van der Waals surface area contributed by atoms with Gasteiger partial charge in [-0.1, -0.05) is 18.2 Å². The molecule has 0 aliphatic rings. The Balaban J connectivity index is 1.55. The maximum absolute atomic E-state index is 13.0. The number of likely N-dealkylation sites (N-methyl/N-ethyl adjacent to an activating group) is 1. The Morgan fingerprint density at radius 2 is 1.79 bits per heavy atom. The molecule has 0 radical (unpaired) electrons. The molecule has 0 saturated heterocycles. The molecule has 4 rings (SSSR count). The fourth-order valence-electron chi connectivity index (χ4n) is 3.24. The van der Waals surface area contributed by atoms with Gasteiger partial charge in [0.1, 0.15) is 22.8 Å². The van der Waals surface area contributed by atoms with Crippen molar-refractivity contribution in [2.75, 3.05) is 20.8 Å². The van der Waals surface area contributed by atoms with Gasteiger partial charge in [0, 0.05) is 18.8 Å². The molecule has 0 saturated carbocycles. The predicted octanol–water partition coefficient (Wildman–Crippen LogP) is 3.96. The van der Waals surface area contributed by atoms with E-state index in [4.69, 9.17) is 13.9 Å². The van der Waals surface area contributed by atoms with Crippen LogP contribution in [0.4, 0.5) is 0 Å². The molecule has 0 unspecified atom stereocenters. The first-order chi connectivity index (χ1) is 16.0. The minimum absolute atomic E-state index is 0.255. The summed E-state index contributed by atoms with van der Waals surface area (Å²) in [7, 11) is 3.21. The Morgan fingerprint density at radius 3 is 2.45 bits per heavy atom. The van der Waals surface area contributed by atoms with E-state index >= 15 is 0 Å². The Bertz CT molecular complexity index is 1210. The SMILES string of the molecule is COc1ccc(-c2nn(-c3ccccc3)cc2C(=O)OCC(=O)N(C)Cc2ccco2)cc1. The molecule has 8 heteroatoms. The third-order valence-corrected chi connectivity index (χ3v) is 5.04. The topological polar surface area (TPSA) is 86.8 Å². The molecule has 33 heavy (non-hydrogen) atoms. The van der Waals surface area contributed by atoms with Crippen molar-refractivity contribution in [1.29, 1.82) is 0 Å². The van der Waals surface area contributed by atoms with Gasteiger partial charge in [0.25, 0.3) is 5.91 Å². The number of carbonyl (C=O) groups is 2. The normalized spacial score (nSPS) is 10.6. The van der Waals surface area contributed by atoms with Crippen LogP contribution in [0.15, 0.2) is 83.6 Å². The van der Waals surface area contributed by atoms with Crippen LogP contribution in [0.2, 0.25) is 0 Å². The van der Waals surface area contributed by atoms with Crippen molar-refractivity contribution in [2.24, 2.45) is 0 Å². The lowest BCUT2D eigenvalue weighted by Gasteiger charge is -2.15. The van der Waals surface area contributed by atoms with Crippen LogP contribution < -0.4 is 4.74 Å². The summed E-state index contributed by atoms with van der Waals surface area (Å²) in [4.78, 5) is 26.8. The van der Waals surface area contributed by atoms with Crippen molar-refractivity contribution in [3.8, 4) is 22.7 Å². The van der Waals surface area contributed by atoms with Crippen molar-refractivity contribution in [3.05, 3.63) is 90.5 Å². The van der Waals surface area contributed by atoms with Crippen LogP contribution in [0.1, 0.15) is 16.1 Å². The number of esters is 1. The molecular formula is C25H23N3O5. The summed E-state index contributed by atoms with van der Waals surface area (Å²) in [5.41, 5.74) is 2.22. The van der Waals surface area contributed by atoms with Gasteiger partial charge in [0.05, 0.1) is 25.6 Å². The fourth-order valence-corrected chi connectivity index (χ4v) is 3.24. The zero-order valence-corrected chi connectivity index (χ0v) is 18.3. The Labute approximate surface area is 191 Å². The van der Waals surface area contributed by atoms with Crippen LogP contribution in [0.5, 0.6) is 5.75 Å². The van der Waals surface area contributed by atoms with Gasteiger partial charge in [-0.05, 0) is 48.5 Å². The second kappa shape index (κ2) is 9.86. The number of rotatable bonds is 8. The molecule has 0 bridgehead atoms. The highest BCUT2D eigenvalue weighted by Crippen LogP contribution is 2.26. The molecule has 1 amide bonds. The van der Waals surface area contributed by atoms with E-state index in [1.165, 1.54) is 4.90 Å². The minimum atomic E-state index is -0.636. The molecule has 2 aromatic carbocycles. The van der Waals surface area contributed by atoms with E-state index in [0.29, 0.717) is 17.2 Å². The third-order valence-electron chi connectivity index (χ3n) is 5.04. The summed E-state index contributed by atoms with van der Waals surface area (Å²) < 4.78 is 17.4. The van der Waals surface area contributed by atoms with E-state index in [2.05, 4.69) is 5.10 Å². The zero-order chi connectivity index (χ0) is 23.2. The van der Waals surface area contributed by atoms with Gasteiger partial charge < -0.3 is 18.8 Å². The molecule has 8 nitrogen and oxygen atoms in total. The summed E-state index contributed by atoms with van der Waals surface area (Å²) in [5, 5.41) is 4.61. The van der Waals surface area contributed by atoms with Crippen molar-refractivity contribution < 1.29 is 23.5 Å². The summed E-state index contributed by atoms with van der Waals surface area (Å²) in [6.07, 6.45) is 3.15. The molecule has 0 aliphatic carbocycles.